The number of carboxylic acid groups (broad SMARTS) is 1. The summed E-state index contributed by atoms with van der Waals surface area (Å²) in [6.07, 6.45) is 2.76. The highest BCUT2D eigenvalue weighted by Crippen LogP contribution is 2.24. The Bertz CT molecular complexity index is 533. The SMILES string of the molecule is Cc1ccc2nc(CCCCC(=O)O)sc2c1. The van der Waals surface area contributed by atoms with Crippen LogP contribution in [0.1, 0.15) is 29.8 Å². The fourth-order valence-electron chi connectivity index (χ4n) is 1.74. The smallest absolute Gasteiger partial charge is 0.303 e. The second-order valence-electron chi connectivity index (χ2n) is 4.18. The summed E-state index contributed by atoms with van der Waals surface area (Å²) in [4.78, 5) is 14.9. The first-order chi connectivity index (χ1) is 8.15. The molecule has 0 spiro atoms. The van der Waals surface area contributed by atoms with E-state index in [1.807, 2.05) is 6.07 Å². The van der Waals surface area contributed by atoms with E-state index in [2.05, 4.69) is 24.0 Å². The normalized spacial score (nSPS) is 10.9. The second kappa shape index (κ2) is 5.27. The molecule has 0 aliphatic carbocycles. The van der Waals surface area contributed by atoms with Crippen LogP contribution in [0.15, 0.2) is 18.2 Å². The van der Waals surface area contributed by atoms with Crippen LogP contribution in [0.25, 0.3) is 10.2 Å². The van der Waals surface area contributed by atoms with E-state index in [4.69, 9.17) is 5.11 Å². The Morgan fingerprint density at radius 1 is 1.41 bits per heavy atom. The summed E-state index contributed by atoms with van der Waals surface area (Å²) in [6, 6.07) is 6.26. The Kier molecular flexibility index (Phi) is 3.74. The van der Waals surface area contributed by atoms with Crippen molar-refractivity contribution < 1.29 is 9.90 Å². The van der Waals surface area contributed by atoms with Crippen LogP contribution < -0.4 is 0 Å². The Labute approximate surface area is 104 Å². The van der Waals surface area contributed by atoms with E-state index >= 15 is 0 Å². The van der Waals surface area contributed by atoms with Gasteiger partial charge in [0.1, 0.15) is 0 Å². The molecule has 0 fully saturated rings. The molecule has 0 saturated heterocycles. The highest BCUT2D eigenvalue weighted by atomic mass is 32.1. The monoisotopic (exact) mass is 249 g/mol. The molecule has 2 aromatic rings. The zero-order valence-electron chi connectivity index (χ0n) is 9.77. The van der Waals surface area contributed by atoms with Crippen molar-refractivity contribution in [2.24, 2.45) is 0 Å². The number of aliphatic carboxylic acids is 1. The highest BCUT2D eigenvalue weighted by Gasteiger charge is 2.04. The molecule has 0 unspecified atom stereocenters. The minimum Gasteiger partial charge on any atom is -0.481 e. The largest absolute Gasteiger partial charge is 0.481 e. The van der Waals surface area contributed by atoms with Gasteiger partial charge in [-0.05, 0) is 43.9 Å². The number of aryl methyl sites for hydroxylation is 2. The maximum Gasteiger partial charge on any atom is 0.303 e. The predicted molar refractivity (Wildman–Crippen MR) is 69.5 cm³/mol. The first-order valence-corrected chi connectivity index (χ1v) is 6.54. The third kappa shape index (κ3) is 3.27. The molecule has 1 aromatic carbocycles. The molecular formula is C13H15NO2S. The Balaban J connectivity index is 1.97. The number of carboxylic acids is 1. The number of unbranched alkanes of at least 4 members (excludes halogenated alkanes) is 1. The van der Waals surface area contributed by atoms with Crippen LogP contribution >= 0.6 is 11.3 Å². The van der Waals surface area contributed by atoms with Crippen molar-refractivity contribution in [1.29, 1.82) is 0 Å². The molecule has 3 nitrogen and oxygen atoms in total. The summed E-state index contributed by atoms with van der Waals surface area (Å²) in [7, 11) is 0. The molecule has 0 aliphatic rings. The van der Waals surface area contributed by atoms with Gasteiger partial charge in [-0.1, -0.05) is 6.07 Å². The molecule has 4 heteroatoms. The van der Waals surface area contributed by atoms with Gasteiger partial charge in [0.05, 0.1) is 15.2 Å². The van der Waals surface area contributed by atoms with E-state index < -0.39 is 5.97 Å². The van der Waals surface area contributed by atoms with E-state index in [9.17, 15) is 4.79 Å². The van der Waals surface area contributed by atoms with Gasteiger partial charge in [0, 0.05) is 6.42 Å². The zero-order valence-corrected chi connectivity index (χ0v) is 10.6. The molecule has 2 rings (SSSR count). The summed E-state index contributed by atoms with van der Waals surface area (Å²) in [6.45, 7) is 2.08. The van der Waals surface area contributed by atoms with Crippen LogP contribution in [0, 0.1) is 6.92 Å². The number of nitrogens with zero attached hydrogens (tertiary/aromatic N) is 1. The minimum absolute atomic E-state index is 0.254. The molecule has 1 heterocycles. The van der Waals surface area contributed by atoms with Gasteiger partial charge < -0.3 is 5.11 Å². The van der Waals surface area contributed by atoms with Crippen molar-refractivity contribution in [3.05, 3.63) is 28.8 Å². The lowest BCUT2D eigenvalue weighted by molar-refractivity contribution is -0.137. The molecule has 90 valence electrons. The van der Waals surface area contributed by atoms with Crippen molar-refractivity contribution in [2.45, 2.75) is 32.6 Å². The van der Waals surface area contributed by atoms with Gasteiger partial charge in [-0.3, -0.25) is 4.79 Å². The standard InChI is InChI=1S/C13H15NO2S/c1-9-6-7-10-11(8-9)17-12(14-10)4-2-3-5-13(15)16/h6-8H,2-5H2,1H3,(H,15,16). The first-order valence-electron chi connectivity index (χ1n) is 5.73. The fraction of sp³-hybridized carbons (Fsp3) is 0.385. The Morgan fingerprint density at radius 2 is 2.24 bits per heavy atom. The lowest BCUT2D eigenvalue weighted by Crippen LogP contribution is -1.94. The van der Waals surface area contributed by atoms with Crippen LogP contribution in [-0.2, 0) is 11.2 Å². The number of rotatable bonds is 5. The number of thiazole rings is 1. The van der Waals surface area contributed by atoms with Gasteiger partial charge in [0.25, 0.3) is 0 Å². The summed E-state index contributed by atoms with van der Waals surface area (Å²) in [5.41, 5.74) is 2.30. The molecule has 0 amide bonds. The maximum absolute atomic E-state index is 10.4. The van der Waals surface area contributed by atoms with E-state index in [0.717, 1.165) is 29.8 Å². The van der Waals surface area contributed by atoms with Crippen LogP contribution in [0.3, 0.4) is 0 Å². The number of hydrogen-bond acceptors (Lipinski definition) is 3. The number of fused-ring (bicyclic) bond motifs is 1. The lowest BCUT2D eigenvalue weighted by Gasteiger charge is -1.94. The molecule has 1 N–H and O–H groups in total. The molecule has 0 saturated carbocycles. The van der Waals surface area contributed by atoms with Gasteiger partial charge in [-0.25, -0.2) is 4.98 Å². The second-order valence-corrected chi connectivity index (χ2v) is 5.29. The van der Waals surface area contributed by atoms with Gasteiger partial charge in [0.2, 0.25) is 0 Å². The third-order valence-corrected chi connectivity index (χ3v) is 3.70. The van der Waals surface area contributed by atoms with Crippen molar-refractivity contribution in [2.75, 3.05) is 0 Å². The predicted octanol–water partition coefficient (Wildman–Crippen LogP) is 3.40. The molecule has 0 atom stereocenters. The van der Waals surface area contributed by atoms with Crippen LogP contribution in [-0.4, -0.2) is 16.1 Å². The number of carbonyl (C=O) groups is 1. The van der Waals surface area contributed by atoms with Gasteiger partial charge in [-0.2, -0.15) is 0 Å². The Morgan fingerprint density at radius 3 is 3.00 bits per heavy atom. The quantitative estimate of drug-likeness (QED) is 0.826. The molecule has 0 bridgehead atoms. The van der Waals surface area contributed by atoms with Crippen LogP contribution in [0.5, 0.6) is 0 Å². The van der Waals surface area contributed by atoms with Gasteiger partial charge in [-0.15, -0.1) is 11.3 Å². The van der Waals surface area contributed by atoms with E-state index in [1.54, 1.807) is 11.3 Å². The topological polar surface area (TPSA) is 50.2 Å². The molecule has 1 aromatic heterocycles. The first kappa shape index (κ1) is 12.0. The average Bonchev–Trinajstić information content (AvgIpc) is 2.66. The molecular weight excluding hydrogens is 234 g/mol. The van der Waals surface area contributed by atoms with Gasteiger partial charge >= 0.3 is 5.97 Å². The van der Waals surface area contributed by atoms with Crippen molar-refractivity contribution in [1.82, 2.24) is 4.98 Å². The molecule has 0 aliphatic heterocycles. The van der Waals surface area contributed by atoms with Crippen molar-refractivity contribution in [3.63, 3.8) is 0 Å². The van der Waals surface area contributed by atoms with Crippen molar-refractivity contribution >= 4 is 27.5 Å². The lowest BCUT2D eigenvalue weighted by atomic mass is 10.2. The summed E-state index contributed by atoms with van der Waals surface area (Å²) >= 11 is 1.71. The average molecular weight is 249 g/mol. The summed E-state index contributed by atoms with van der Waals surface area (Å²) in [5.74, 6) is -0.718. The number of hydrogen-bond donors (Lipinski definition) is 1. The van der Waals surface area contributed by atoms with Crippen molar-refractivity contribution in [3.8, 4) is 0 Å². The summed E-state index contributed by atoms with van der Waals surface area (Å²) < 4.78 is 1.22. The van der Waals surface area contributed by atoms with Crippen LogP contribution in [0.2, 0.25) is 0 Å². The number of aromatic nitrogens is 1. The number of benzene rings is 1. The third-order valence-electron chi connectivity index (χ3n) is 2.62. The van der Waals surface area contributed by atoms with E-state index in [0.29, 0.717) is 0 Å². The maximum atomic E-state index is 10.4. The highest BCUT2D eigenvalue weighted by molar-refractivity contribution is 7.18. The zero-order chi connectivity index (χ0) is 12.3. The van der Waals surface area contributed by atoms with Gasteiger partial charge in [0.15, 0.2) is 0 Å². The fourth-order valence-corrected chi connectivity index (χ4v) is 2.85. The van der Waals surface area contributed by atoms with Crippen LogP contribution in [0.4, 0.5) is 0 Å². The molecule has 17 heavy (non-hydrogen) atoms. The summed E-state index contributed by atoms with van der Waals surface area (Å²) in [5, 5.41) is 9.65. The van der Waals surface area contributed by atoms with E-state index in [-0.39, 0.29) is 6.42 Å². The minimum atomic E-state index is -0.718. The Hall–Kier alpha value is -1.42. The van der Waals surface area contributed by atoms with E-state index in [1.165, 1.54) is 10.3 Å². The molecule has 0 radical (unpaired) electrons.